The number of hydrogen-bond donors (Lipinski definition) is 2. The highest BCUT2D eigenvalue weighted by atomic mass is 16.6. The molecule has 9 nitrogen and oxygen atoms in total. The highest BCUT2D eigenvalue weighted by molar-refractivity contribution is 6.10. The Morgan fingerprint density at radius 1 is 1.44 bits per heavy atom. The molecule has 9 heteroatoms. The summed E-state index contributed by atoms with van der Waals surface area (Å²) < 4.78 is 7.00. The van der Waals surface area contributed by atoms with Crippen LogP contribution in [0.1, 0.15) is 24.3 Å². The second-order valence-electron chi connectivity index (χ2n) is 6.27. The van der Waals surface area contributed by atoms with Crippen molar-refractivity contribution in [1.29, 1.82) is 0 Å². The first-order valence-electron chi connectivity index (χ1n) is 7.77. The normalized spacial score (nSPS) is 11.4. The standard InChI is InChI=1S/C16H19N5O4/c1-8(2)6-25-16(24)21(4)14-11-12(20(3)7-17-11)9-5-10(15(22)23)18-13(9)19-14/h5,7-8H,6H2,1-4H3,(H,18,19)(H,22,23). The Kier molecular flexibility index (Phi) is 4.07. The van der Waals surface area contributed by atoms with Crippen LogP contribution in [0, 0.1) is 5.92 Å². The first kappa shape index (κ1) is 16.7. The number of aromatic carboxylic acids is 1. The van der Waals surface area contributed by atoms with Gasteiger partial charge in [-0.15, -0.1) is 0 Å². The number of carboxylic acids is 1. The Hall–Kier alpha value is -3.10. The molecule has 0 aliphatic heterocycles. The smallest absolute Gasteiger partial charge is 0.415 e. The predicted octanol–water partition coefficient (Wildman–Crippen LogP) is 2.38. The van der Waals surface area contributed by atoms with Gasteiger partial charge in [-0.1, -0.05) is 13.8 Å². The van der Waals surface area contributed by atoms with Gasteiger partial charge in [0.2, 0.25) is 0 Å². The summed E-state index contributed by atoms with van der Waals surface area (Å²) in [6.07, 6.45) is 1.05. The van der Waals surface area contributed by atoms with Crippen LogP contribution in [0.25, 0.3) is 22.1 Å². The summed E-state index contributed by atoms with van der Waals surface area (Å²) in [7, 11) is 3.34. The van der Waals surface area contributed by atoms with Gasteiger partial charge in [0.25, 0.3) is 0 Å². The van der Waals surface area contributed by atoms with E-state index >= 15 is 0 Å². The van der Waals surface area contributed by atoms with Crippen molar-refractivity contribution in [3.8, 4) is 0 Å². The van der Waals surface area contributed by atoms with Gasteiger partial charge in [-0.3, -0.25) is 4.90 Å². The molecule has 0 aliphatic rings. The number of carbonyl (C=O) groups excluding carboxylic acids is 1. The molecule has 3 aromatic heterocycles. The Bertz CT molecular complexity index is 972. The van der Waals surface area contributed by atoms with Crippen LogP contribution in [0.4, 0.5) is 10.6 Å². The molecule has 0 radical (unpaired) electrons. The third-order valence-electron chi connectivity index (χ3n) is 3.78. The van der Waals surface area contributed by atoms with Crippen LogP contribution >= 0.6 is 0 Å². The number of H-pyrrole nitrogens is 1. The molecule has 0 bridgehead atoms. The number of hydrogen-bond acceptors (Lipinski definition) is 5. The molecule has 2 N–H and O–H groups in total. The lowest BCUT2D eigenvalue weighted by Gasteiger charge is -2.17. The molecule has 0 aromatic carbocycles. The van der Waals surface area contributed by atoms with Crippen LogP contribution in [-0.4, -0.2) is 50.3 Å². The fourth-order valence-electron chi connectivity index (χ4n) is 2.55. The molecule has 0 aliphatic carbocycles. The minimum Gasteiger partial charge on any atom is -0.477 e. The van der Waals surface area contributed by atoms with Gasteiger partial charge in [0.05, 0.1) is 18.5 Å². The maximum Gasteiger partial charge on any atom is 0.415 e. The molecule has 0 saturated heterocycles. The number of anilines is 1. The van der Waals surface area contributed by atoms with Crippen LogP contribution in [-0.2, 0) is 11.8 Å². The lowest BCUT2D eigenvalue weighted by atomic mass is 10.2. The Balaban J connectivity index is 2.13. The third kappa shape index (κ3) is 2.88. The molecule has 25 heavy (non-hydrogen) atoms. The summed E-state index contributed by atoms with van der Waals surface area (Å²) in [5, 5.41) is 9.83. The molecule has 3 rings (SSSR count). The summed E-state index contributed by atoms with van der Waals surface area (Å²) in [6.45, 7) is 4.18. The van der Waals surface area contributed by atoms with Crippen molar-refractivity contribution < 1.29 is 19.4 Å². The maximum atomic E-state index is 12.3. The van der Waals surface area contributed by atoms with Gasteiger partial charge in [0.15, 0.2) is 5.82 Å². The minimum atomic E-state index is -1.08. The number of aromatic nitrogens is 4. The van der Waals surface area contributed by atoms with E-state index in [0.29, 0.717) is 34.5 Å². The lowest BCUT2D eigenvalue weighted by molar-refractivity contribution is 0.0691. The maximum absolute atomic E-state index is 12.3. The summed E-state index contributed by atoms with van der Waals surface area (Å²) in [4.78, 5) is 36.3. The van der Waals surface area contributed by atoms with Crippen molar-refractivity contribution in [2.75, 3.05) is 18.6 Å². The van der Waals surface area contributed by atoms with Crippen LogP contribution in [0.15, 0.2) is 12.4 Å². The average Bonchev–Trinajstić information content (AvgIpc) is 3.14. The molecular weight excluding hydrogens is 326 g/mol. The Morgan fingerprint density at radius 3 is 2.80 bits per heavy atom. The highest BCUT2D eigenvalue weighted by Gasteiger charge is 2.23. The second kappa shape index (κ2) is 6.08. The molecule has 3 heterocycles. The number of nitrogens with one attached hydrogen (secondary N) is 1. The second-order valence-corrected chi connectivity index (χ2v) is 6.27. The van der Waals surface area contributed by atoms with Crippen LogP contribution < -0.4 is 4.90 Å². The molecule has 0 saturated carbocycles. The molecule has 0 atom stereocenters. The number of imidazole rings is 1. The molecule has 1 amide bonds. The number of aryl methyl sites for hydroxylation is 1. The predicted molar refractivity (Wildman–Crippen MR) is 91.9 cm³/mol. The minimum absolute atomic E-state index is 0.0205. The van der Waals surface area contributed by atoms with Gasteiger partial charge in [0, 0.05) is 19.5 Å². The van der Waals surface area contributed by atoms with Gasteiger partial charge in [-0.2, -0.15) is 0 Å². The van der Waals surface area contributed by atoms with E-state index in [2.05, 4.69) is 15.0 Å². The first-order chi connectivity index (χ1) is 11.8. The number of ether oxygens (including phenoxy) is 1. The van der Waals surface area contributed by atoms with Crippen molar-refractivity contribution >= 4 is 39.9 Å². The van der Waals surface area contributed by atoms with Crippen LogP contribution in [0.3, 0.4) is 0 Å². The quantitative estimate of drug-likeness (QED) is 0.750. The van der Waals surface area contributed by atoms with E-state index in [9.17, 15) is 14.7 Å². The van der Waals surface area contributed by atoms with Crippen molar-refractivity contribution in [1.82, 2.24) is 19.5 Å². The number of amides is 1. The van der Waals surface area contributed by atoms with Crippen LogP contribution in [0.2, 0.25) is 0 Å². The summed E-state index contributed by atoms with van der Waals surface area (Å²) in [5.41, 5.74) is 1.57. The first-order valence-corrected chi connectivity index (χ1v) is 7.77. The Labute approximate surface area is 143 Å². The number of carboxylic acid groups (broad SMARTS) is 1. The van der Waals surface area contributed by atoms with Gasteiger partial charge < -0.3 is 19.4 Å². The summed E-state index contributed by atoms with van der Waals surface area (Å²) in [5.74, 6) is -0.570. The van der Waals surface area contributed by atoms with E-state index in [1.807, 2.05) is 13.8 Å². The van der Waals surface area contributed by atoms with Gasteiger partial charge >= 0.3 is 12.1 Å². The van der Waals surface area contributed by atoms with Gasteiger partial charge in [-0.05, 0) is 12.0 Å². The average molecular weight is 345 g/mol. The fourth-order valence-corrected chi connectivity index (χ4v) is 2.55. The number of nitrogens with zero attached hydrogens (tertiary/aromatic N) is 4. The van der Waals surface area contributed by atoms with E-state index in [1.165, 1.54) is 11.0 Å². The monoisotopic (exact) mass is 345 g/mol. The van der Waals surface area contributed by atoms with E-state index in [0.717, 1.165) is 0 Å². The van der Waals surface area contributed by atoms with Crippen LogP contribution in [0.5, 0.6) is 0 Å². The molecule has 3 aromatic rings. The van der Waals surface area contributed by atoms with E-state index in [4.69, 9.17) is 4.74 Å². The molecule has 0 fully saturated rings. The third-order valence-corrected chi connectivity index (χ3v) is 3.78. The fraction of sp³-hybridized carbons (Fsp3) is 0.375. The number of pyridine rings is 1. The number of aromatic amines is 1. The highest BCUT2D eigenvalue weighted by Crippen LogP contribution is 2.30. The van der Waals surface area contributed by atoms with Crippen molar-refractivity contribution in [2.24, 2.45) is 13.0 Å². The van der Waals surface area contributed by atoms with E-state index in [-0.39, 0.29) is 11.6 Å². The van der Waals surface area contributed by atoms with Crippen molar-refractivity contribution in [3.05, 3.63) is 18.1 Å². The zero-order valence-corrected chi connectivity index (χ0v) is 14.4. The van der Waals surface area contributed by atoms with Gasteiger partial charge in [0.1, 0.15) is 16.9 Å². The lowest BCUT2D eigenvalue weighted by Crippen LogP contribution is -2.29. The molecular formula is C16H19N5O4. The van der Waals surface area contributed by atoms with E-state index < -0.39 is 12.1 Å². The van der Waals surface area contributed by atoms with Gasteiger partial charge in [-0.25, -0.2) is 19.6 Å². The number of fused-ring (bicyclic) bond motifs is 3. The zero-order valence-electron chi connectivity index (χ0n) is 14.4. The molecule has 132 valence electrons. The molecule has 0 spiro atoms. The topological polar surface area (TPSA) is 113 Å². The summed E-state index contributed by atoms with van der Waals surface area (Å²) in [6, 6.07) is 1.51. The SMILES string of the molecule is CC(C)COC(=O)N(C)c1nc2[nH]c(C(=O)O)cc2c2c1ncn2C. The Morgan fingerprint density at radius 2 is 2.16 bits per heavy atom. The largest absolute Gasteiger partial charge is 0.477 e. The summed E-state index contributed by atoms with van der Waals surface area (Å²) >= 11 is 0. The number of carbonyl (C=O) groups is 2. The van der Waals surface area contributed by atoms with E-state index in [1.54, 1.807) is 25.0 Å². The van der Waals surface area contributed by atoms with Crippen molar-refractivity contribution in [2.45, 2.75) is 13.8 Å². The zero-order chi connectivity index (χ0) is 18.3. The van der Waals surface area contributed by atoms with Crippen molar-refractivity contribution in [3.63, 3.8) is 0 Å². The number of rotatable bonds is 4. The molecule has 0 unspecified atom stereocenters.